The quantitative estimate of drug-likeness (QED) is 0.318. The number of nitriles is 1. The number of benzene rings is 1. The number of nitrogens with one attached hydrogen (secondary N) is 1. The first-order valence-electron chi connectivity index (χ1n) is 9.09. The van der Waals surface area contributed by atoms with Crippen LogP contribution < -0.4 is 19.5 Å². The van der Waals surface area contributed by atoms with Gasteiger partial charge in [0.1, 0.15) is 10.9 Å². The van der Waals surface area contributed by atoms with Crippen molar-refractivity contribution in [1.82, 2.24) is 4.98 Å². The summed E-state index contributed by atoms with van der Waals surface area (Å²) in [4.78, 5) is 6.65. The molecule has 152 valence electrons. The zero-order valence-corrected chi connectivity index (χ0v) is 18.9. The normalized spacial score (nSPS) is 10.6. The van der Waals surface area contributed by atoms with E-state index >= 15 is 0 Å². The minimum absolute atomic E-state index is 0.482. The summed E-state index contributed by atoms with van der Waals surface area (Å²) in [5, 5.41) is 14.9. The van der Waals surface area contributed by atoms with Gasteiger partial charge in [-0.15, -0.1) is 11.3 Å². The van der Waals surface area contributed by atoms with E-state index in [-0.39, 0.29) is 0 Å². The molecule has 29 heavy (non-hydrogen) atoms. The second kappa shape index (κ2) is 9.81. The second-order valence-corrected chi connectivity index (χ2v) is 8.18. The summed E-state index contributed by atoms with van der Waals surface area (Å²) in [7, 11) is 4.71. The van der Waals surface area contributed by atoms with Crippen molar-refractivity contribution in [2.75, 3.05) is 32.0 Å². The lowest BCUT2D eigenvalue weighted by Gasteiger charge is -2.16. The topological polar surface area (TPSA) is 76.4 Å². The fourth-order valence-corrected chi connectivity index (χ4v) is 4.52. The van der Waals surface area contributed by atoms with Crippen LogP contribution in [-0.2, 0) is 6.42 Å². The predicted octanol–water partition coefficient (Wildman–Crippen LogP) is 5.65. The number of thiophene rings is 1. The molecule has 0 aliphatic carbocycles. The smallest absolute Gasteiger partial charge is 0.203 e. The van der Waals surface area contributed by atoms with Crippen molar-refractivity contribution in [2.24, 2.45) is 0 Å². The van der Waals surface area contributed by atoms with Crippen molar-refractivity contribution in [3.63, 3.8) is 0 Å². The van der Waals surface area contributed by atoms with E-state index in [4.69, 9.17) is 14.2 Å². The third-order valence-electron chi connectivity index (χ3n) is 4.47. The summed E-state index contributed by atoms with van der Waals surface area (Å²) in [5.41, 5.74) is 1.95. The molecule has 2 heterocycles. The largest absolute Gasteiger partial charge is 0.493 e. The van der Waals surface area contributed by atoms with Crippen LogP contribution in [0, 0.1) is 11.3 Å². The minimum atomic E-state index is 0.482. The molecule has 0 unspecified atom stereocenters. The Morgan fingerprint density at radius 2 is 1.83 bits per heavy atom. The first-order valence-corrected chi connectivity index (χ1v) is 11.0. The van der Waals surface area contributed by atoms with E-state index in [1.54, 1.807) is 38.9 Å². The molecule has 0 amide bonds. The Hall–Kier alpha value is -2.50. The van der Waals surface area contributed by atoms with E-state index in [1.807, 2.05) is 12.1 Å². The molecule has 0 saturated heterocycles. The Labute approximate surface area is 182 Å². The standard InChI is InChI=1S/C21H22BrN3O3S/c1-26-17-8-14(9-18(27-2)20(17)28-3)25-19-13(11-23)12-24-21-16(19)10-15(29-21)6-4-5-7-22/h8-10,12H,4-7H2,1-3H3,(H,24,25). The molecule has 0 fully saturated rings. The maximum Gasteiger partial charge on any atom is 0.203 e. The predicted molar refractivity (Wildman–Crippen MR) is 120 cm³/mol. The van der Waals surface area contributed by atoms with Crippen molar-refractivity contribution < 1.29 is 14.2 Å². The van der Waals surface area contributed by atoms with E-state index in [2.05, 4.69) is 38.4 Å². The van der Waals surface area contributed by atoms with E-state index in [0.29, 0.717) is 22.8 Å². The van der Waals surface area contributed by atoms with E-state index in [1.165, 1.54) is 4.88 Å². The van der Waals surface area contributed by atoms with Gasteiger partial charge in [-0.25, -0.2) is 4.98 Å². The van der Waals surface area contributed by atoms with Crippen molar-refractivity contribution in [2.45, 2.75) is 19.3 Å². The number of hydrogen-bond acceptors (Lipinski definition) is 7. The first kappa shape index (κ1) is 21.2. The second-order valence-electron chi connectivity index (χ2n) is 6.28. The zero-order valence-electron chi connectivity index (χ0n) is 16.5. The molecule has 0 aliphatic rings. The number of anilines is 2. The van der Waals surface area contributed by atoms with Gasteiger partial charge in [0.25, 0.3) is 0 Å². The highest BCUT2D eigenvalue weighted by molar-refractivity contribution is 9.09. The van der Waals surface area contributed by atoms with Gasteiger partial charge in [-0.05, 0) is 25.3 Å². The minimum Gasteiger partial charge on any atom is -0.493 e. The van der Waals surface area contributed by atoms with Crippen molar-refractivity contribution in [1.29, 1.82) is 5.26 Å². The van der Waals surface area contributed by atoms with Gasteiger partial charge in [0.05, 0.1) is 32.6 Å². The van der Waals surface area contributed by atoms with Crippen LogP contribution >= 0.6 is 27.3 Å². The first-order chi connectivity index (χ1) is 14.1. The van der Waals surface area contributed by atoms with Crippen molar-refractivity contribution >= 4 is 48.9 Å². The number of ether oxygens (including phenoxy) is 3. The number of rotatable bonds is 9. The van der Waals surface area contributed by atoms with Crippen LogP contribution in [0.5, 0.6) is 17.2 Å². The van der Waals surface area contributed by atoms with E-state index in [0.717, 1.165) is 46.2 Å². The Morgan fingerprint density at radius 3 is 2.41 bits per heavy atom. The number of fused-ring (bicyclic) bond motifs is 1. The van der Waals surface area contributed by atoms with Crippen LogP contribution in [0.1, 0.15) is 23.3 Å². The third-order valence-corrected chi connectivity index (χ3v) is 6.14. The molecule has 8 heteroatoms. The SMILES string of the molecule is COc1cc(Nc2c(C#N)cnc3sc(CCCCBr)cc23)cc(OC)c1OC. The molecule has 3 aromatic rings. The average Bonchev–Trinajstić information content (AvgIpc) is 3.16. The van der Waals surface area contributed by atoms with Gasteiger partial charge < -0.3 is 19.5 Å². The van der Waals surface area contributed by atoms with Crippen LogP contribution in [0.25, 0.3) is 10.2 Å². The van der Waals surface area contributed by atoms with Crippen molar-refractivity contribution in [3.05, 3.63) is 34.8 Å². The monoisotopic (exact) mass is 475 g/mol. The Balaban J connectivity index is 2.03. The molecule has 0 aliphatic heterocycles. The lowest BCUT2D eigenvalue weighted by molar-refractivity contribution is 0.324. The number of unbranched alkanes of at least 4 members (excludes halogenated alkanes) is 1. The maximum atomic E-state index is 9.62. The molecule has 1 aromatic carbocycles. The Morgan fingerprint density at radius 1 is 1.10 bits per heavy atom. The molecule has 0 bridgehead atoms. The number of nitrogens with zero attached hydrogens (tertiary/aromatic N) is 2. The molecule has 6 nitrogen and oxygen atoms in total. The molecule has 0 atom stereocenters. The lowest BCUT2D eigenvalue weighted by Crippen LogP contribution is -1.99. The summed E-state index contributed by atoms with van der Waals surface area (Å²) in [6, 6.07) is 8.00. The highest BCUT2D eigenvalue weighted by Crippen LogP contribution is 2.42. The summed E-state index contributed by atoms with van der Waals surface area (Å²) in [6.07, 6.45) is 4.85. The molecule has 0 radical (unpaired) electrons. The molecular formula is C21H22BrN3O3S. The summed E-state index contributed by atoms with van der Waals surface area (Å²) >= 11 is 5.14. The maximum absolute atomic E-state index is 9.62. The van der Waals surface area contributed by atoms with Gasteiger partial charge in [-0.2, -0.15) is 5.26 Å². The molecule has 2 aromatic heterocycles. The van der Waals surface area contributed by atoms with Crippen LogP contribution in [0.3, 0.4) is 0 Å². The molecule has 0 spiro atoms. The Bertz CT molecular complexity index is 1020. The fourth-order valence-electron chi connectivity index (χ4n) is 3.07. The highest BCUT2D eigenvalue weighted by Gasteiger charge is 2.17. The van der Waals surface area contributed by atoms with Gasteiger partial charge in [0.15, 0.2) is 11.5 Å². The van der Waals surface area contributed by atoms with Gasteiger partial charge in [-0.3, -0.25) is 0 Å². The molecule has 1 N–H and O–H groups in total. The van der Waals surface area contributed by atoms with Gasteiger partial charge >= 0.3 is 0 Å². The number of methoxy groups -OCH3 is 3. The summed E-state index contributed by atoms with van der Waals surface area (Å²) in [5.74, 6) is 1.60. The zero-order chi connectivity index (χ0) is 20.8. The van der Waals surface area contributed by atoms with Gasteiger partial charge in [0.2, 0.25) is 5.75 Å². The van der Waals surface area contributed by atoms with Crippen LogP contribution in [0.4, 0.5) is 11.4 Å². The van der Waals surface area contributed by atoms with Crippen LogP contribution in [0.15, 0.2) is 24.4 Å². The number of halogens is 1. The van der Waals surface area contributed by atoms with Crippen molar-refractivity contribution in [3.8, 4) is 23.3 Å². The van der Waals surface area contributed by atoms with E-state index in [9.17, 15) is 5.26 Å². The average molecular weight is 476 g/mol. The number of pyridine rings is 1. The fraction of sp³-hybridized carbons (Fsp3) is 0.333. The van der Waals surface area contributed by atoms with E-state index < -0.39 is 0 Å². The Kier molecular flexibility index (Phi) is 7.18. The molecular weight excluding hydrogens is 454 g/mol. The number of hydrogen-bond donors (Lipinski definition) is 1. The van der Waals surface area contributed by atoms with Gasteiger partial charge in [-0.1, -0.05) is 15.9 Å². The molecule has 0 saturated carbocycles. The highest BCUT2D eigenvalue weighted by atomic mass is 79.9. The third kappa shape index (κ3) is 4.57. The van der Waals surface area contributed by atoms with Crippen LogP contribution in [0.2, 0.25) is 0 Å². The van der Waals surface area contributed by atoms with Crippen LogP contribution in [-0.4, -0.2) is 31.6 Å². The number of alkyl halides is 1. The summed E-state index contributed by atoms with van der Waals surface area (Å²) < 4.78 is 16.3. The number of aryl methyl sites for hydroxylation is 1. The summed E-state index contributed by atoms with van der Waals surface area (Å²) in [6.45, 7) is 0. The lowest BCUT2D eigenvalue weighted by atomic mass is 10.1. The molecule has 3 rings (SSSR count). The van der Waals surface area contributed by atoms with Gasteiger partial charge in [0, 0.05) is 39.6 Å². The number of aromatic nitrogens is 1.